The van der Waals surface area contributed by atoms with Crippen molar-refractivity contribution in [1.82, 2.24) is 0 Å². The molecule has 0 saturated heterocycles. The van der Waals surface area contributed by atoms with Gasteiger partial charge in [-0.3, -0.25) is 0 Å². The standard InChI is InChI=1S/C11H20/c1-5-7-8(3)11-9(4)10(11)6-2/h8-9H,5-7H2,1-4H3. The molecule has 1 aliphatic carbocycles. The molecule has 0 nitrogen and oxygen atoms in total. The first kappa shape index (κ1) is 8.83. The summed E-state index contributed by atoms with van der Waals surface area (Å²) in [6, 6.07) is 0. The van der Waals surface area contributed by atoms with Gasteiger partial charge in [-0.1, -0.05) is 45.3 Å². The topological polar surface area (TPSA) is 0 Å². The summed E-state index contributed by atoms with van der Waals surface area (Å²) < 4.78 is 0. The van der Waals surface area contributed by atoms with Crippen molar-refractivity contribution < 1.29 is 0 Å². The molecule has 11 heavy (non-hydrogen) atoms. The van der Waals surface area contributed by atoms with Crippen LogP contribution in [0.3, 0.4) is 0 Å². The van der Waals surface area contributed by atoms with Gasteiger partial charge in [0.2, 0.25) is 0 Å². The zero-order chi connectivity index (χ0) is 8.43. The normalized spacial score (nSPS) is 25.6. The van der Waals surface area contributed by atoms with Gasteiger partial charge in [-0.05, 0) is 24.7 Å². The summed E-state index contributed by atoms with van der Waals surface area (Å²) in [5.41, 5.74) is 3.51. The molecule has 1 rings (SSSR count). The maximum atomic E-state index is 2.37. The van der Waals surface area contributed by atoms with Gasteiger partial charge in [-0.15, -0.1) is 0 Å². The van der Waals surface area contributed by atoms with Gasteiger partial charge in [0.15, 0.2) is 0 Å². The summed E-state index contributed by atoms with van der Waals surface area (Å²) in [7, 11) is 0. The fourth-order valence-electron chi connectivity index (χ4n) is 2.26. The number of hydrogen-bond donors (Lipinski definition) is 0. The van der Waals surface area contributed by atoms with E-state index in [-0.39, 0.29) is 0 Å². The van der Waals surface area contributed by atoms with Crippen LogP contribution in [0.2, 0.25) is 0 Å². The molecule has 0 saturated carbocycles. The van der Waals surface area contributed by atoms with E-state index >= 15 is 0 Å². The highest BCUT2D eigenvalue weighted by molar-refractivity contribution is 5.41. The van der Waals surface area contributed by atoms with Gasteiger partial charge in [-0.25, -0.2) is 0 Å². The van der Waals surface area contributed by atoms with Gasteiger partial charge in [0.1, 0.15) is 0 Å². The Bertz CT molecular complexity index is 165. The molecule has 0 aromatic rings. The molecule has 0 heteroatoms. The van der Waals surface area contributed by atoms with Gasteiger partial charge >= 0.3 is 0 Å². The molecule has 0 amide bonds. The molecular formula is C11H20. The van der Waals surface area contributed by atoms with Gasteiger partial charge < -0.3 is 0 Å². The average Bonchev–Trinajstić information content (AvgIpc) is 2.61. The maximum absolute atomic E-state index is 2.37. The second kappa shape index (κ2) is 3.42. The van der Waals surface area contributed by atoms with Crippen molar-refractivity contribution >= 4 is 0 Å². The van der Waals surface area contributed by atoms with Crippen molar-refractivity contribution in [1.29, 1.82) is 0 Å². The molecule has 0 aliphatic heterocycles. The molecule has 0 spiro atoms. The molecule has 0 aromatic heterocycles. The van der Waals surface area contributed by atoms with Gasteiger partial charge in [0.25, 0.3) is 0 Å². The van der Waals surface area contributed by atoms with Crippen LogP contribution in [0.25, 0.3) is 0 Å². The van der Waals surface area contributed by atoms with E-state index in [1.54, 1.807) is 11.1 Å². The van der Waals surface area contributed by atoms with Crippen molar-refractivity contribution in [2.24, 2.45) is 11.8 Å². The molecule has 0 heterocycles. The van der Waals surface area contributed by atoms with E-state index in [9.17, 15) is 0 Å². The maximum Gasteiger partial charge on any atom is -0.00130 e. The fourth-order valence-corrected chi connectivity index (χ4v) is 2.26. The molecule has 0 aromatic carbocycles. The van der Waals surface area contributed by atoms with Crippen LogP contribution in [0, 0.1) is 11.8 Å². The monoisotopic (exact) mass is 152 g/mol. The van der Waals surface area contributed by atoms with E-state index in [0.717, 1.165) is 11.8 Å². The van der Waals surface area contributed by atoms with Crippen molar-refractivity contribution in [2.75, 3.05) is 0 Å². The molecule has 0 fully saturated rings. The summed E-state index contributed by atoms with van der Waals surface area (Å²) in [6.07, 6.45) is 3.99. The zero-order valence-corrected chi connectivity index (χ0v) is 8.28. The van der Waals surface area contributed by atoms with Crippen molar-refractivity contribution in [3.05, 3.63) is 11.1 Å². The lowest BCUT2D eigenvalue weighted by atomic mass is 10.0. The van der Waals surface area contributed by atoms with Crippen LogP contribution in [0.15, 0.2) is 11.1 Å². The van der Waals surface area contributed by atoms with Crippen LogP contribution in [0.1, 0.15) is 47.0 Å². The lowest BCUT2D eigenvalue weighted by Crippen LogP contribution is -1.91. The zero-order valence-electron chi connectivity index (χ0n) is 8.28. The third-order valence-electron chi connectivity index (χ3n) is 2.91. The third-order valence-corrected chi connectivity index (χ3v) is 2.91. The highest BCUT2D eigenvalue weighted by atomic mass is 14.4. The Kier molecular flexibility index (Phi) is 2.75. The molecule has 1 aliphatic rings. The first-order chi connectivity index (χ1) is 5.22. The highest BCUT2D eigenvalue weighted by Gasteiger charge is 2.33. The largest absolute Gasteiger partial charge is 0.0654 e. The van der Waals surface area contributed by atoms with E-state index in [1.165, 1.54) is 19.3 Å². The fraction of sp³-hybridized carbons (Fsp3) is 0.818. The van der Waals surface area contributed by atoms with Crippen LogP contribution in [-0.4, -0.2) is 0 Å². The Morgan fingerprint density at radius 2 is 2.00 bits per heavy atom. The molecule has 0 bridgehead atoms. The average molecular weight is 152 g/mol. The number of hydrogen-bond acceptors (Lipinski definition) is 0. The lowest BCUT2D eigenvalue weighted by molar-refractivity contribution is 0.598. The molecule has 0 radical (unpaired) electrons. The summed E-state index contributed by atoms with van der Waals surface area (Å²) in [4.78, 5) is 0. The van der Waals surface area contributed by atoms with Crippen LogP contribution in [0.4, 0.5) is 0 Å². The van der Waals surface area contributed by atoms with E-state index in [1.807, 2.05) is 0 Å². The molecule has 2 unspecified atom stereocenters. The predicted molar refractivity (Wildman–Crippen MR) is 50.6 cm³/mol. The van der Waals surface area contributed by atoms with Crippen LogP contribution >= 0.6 is 0 Å². The van der Waals surface area contributed by atoms with Gasteiger partial charge in [-0.2, -0.15) is 0 Å². The van der Waals surface area contributed by atoms with Gasteiger partial charge in [0, 0.05) is 0 Å². The highest BCUT2D eigenvalue weighted by Crippen LogP contribution is 2.46. The Balaban J connectivity index is 2.43. The Morgan fingerprint density at radius 1 is 1.36 bits per heavy atom. The SMILES string of the molecule is CCCC(C)C1=C(CC)C1C. The predicted octanol–water partition coefficient (Wildman–Crippen LogP) is 3.78. The summed E-state index contributed by atoms with van der Waals surface area (Å²) in [6.45, 7) is 9.27. The first-order valence-electron chi connectivity index (χ1n) is 4.95. The summed E-state index contributed by atoms with van der Waals surface area (Å²) >= 11 is 0. The van der Waals surface area contributed by atoms with E-state index in [2.05, 4.69) is 27.7 Å². The number of allylic oxidation sites excluding steroid dienone is 2. The summed E-state index contributed by atoms with van der Waals surface area (Å²) in [5, 5.41) is 0. The Labute approximate surface area is 70.7 Å². The minimum absolute atomic E-state index is 0.863. The Hall–Kier alpha value is -0.260. The number of rotatable bonds is 4. The minimum Gasteiger partial charge on any atom is -0.0654 e. The van der Waals surface area contributed by atoms with Crippen LogP contribution in [0.5, 0.6) is 0 Å². The Morgan fingerprint density at radius 3 is 2.36 bits per heavy atom. The summed E-state index contributed by atoms with van der Waals surface area (Å²) in [5.74, 6) is 1.73. The second-order valence-electron chi connectivity index (χ2n) is 3.75. The molecule has 0 N–H and O–H groups in total. The first-order valence-corrected chi connectivity index (χ1v) is 4.95. The second-order valence-corrected chi connectivity index (χ2v) is 3.75. The van der Waals surface area contributed by atoms with Gasteiger partial charge in [0.05, 0.1) is 0 Å². The molecule has 2 atom stereocenters. The van der Waals surface area contributed by atoms with Crippen molar-refractivity contribution in [2.45, 2.75) is 47.0 Å². The van der Waals surface area contributed by atoms with Crippen molar-refractivity contribution in [3.63, 3.8) is 0 Å². The quantitative estimate of drug-likeness (QED) is 0.538. The van der Waals surface area contributed by atoms with E-state index < -0.39 is 0 Å². The van der Waals surface area contributed by atoms with Crippen LogP contribution in [-0.2, 0) is 0 Å². The van der Waals surface area contributed by atoms with E-state index in [4.69, 9.17) is 0 Å². The molecular weight excluding hydrogens is 132 g/mol. The lowest BCUT2D eigenvalue weighted by Gasteiger charge is -2.04. The minimum atomic E-state index is 0.863. The van der Waals surface area contributed by atoms with E-state index in [0.29, 0.717) is 0 Å². The van der Waals surface area contributed by atoms with Crippen LogP contribution < -0.4 is 0 Å². The molecule has 64 valence electrons. The smallest absolute Gasteiger partial charge is 0.00130 e. The third kappa shape index (κ3) is 1.66. The van der Waals surface area contributed by atoms with Crippen molar-refractivity contribution in [3.8, 4) is 0 Å².